The Balaban J connectivity index is 1.67. The van der Waals surface area contributed by atoms with Gasteiger partial charge in [-0.05, 0) is 37.3 Å². The van der Waals surface area contributed by atoms with E-state index >= 15 is 0 Å². The lowest BCUT2D eigenvalue weighted by Gasteiger charge is -2.34. The minimum atomic E-state index is 0.252. The van der Waals surface area contributed by atoms with Gasteiger partial charge in [-0.2, -0.15) is 15.0 Å². The maximum Gasteiger partial charge on any atom is 0.231 e. The van der Waals surface area contributed by atoms with Gasteiger partial charge >= 0.3 is 0 Å². The van der Waals surface area contributed by atoms with Crippen LogP contribution in [0.5, 0.6) is 0 Å². The zero-order chi connectivity index (χ0) is 13.2. The second kappa shape index (κ2) is 5.46. The molecule has 0 spiro atoms. The molecule has 1 aromatic heterocycles. The van der Waals surface area contributed by atoms with E-state index in [0.717, 1.165) is 25.9 Å². The standard InChI is InChI=1S/C12H18ClN5O/c1-19-9-6-8(7-9)14-11-15-10(13)16-12(17-11)18-4-2-3-5-18/h8-9H,2-7H2,1H3,(H,14,15,16,17). The fraction of sp³-hybridized carbons (Fsp3) is 0.750. The molecule has 1 saturated heterocycles. The van der Waals surface area contributed by atoms with Gasteiger partial charge < -0.3 is 15.0 Å². The molecule has 6 nitrogen and oxygen atoms in total. The van der Waals surface area contributed by atoms with Gasteiger partial charge in [-0.1, -0.05) is 0 Å². The zero-order valence-electron chi connectivity index (χ0n) is 11.0. The summed E-state index contributed by atoms with van der Waals surface area (Å²) in [6, 6.07) is 0.370. The van der Waals surface area contributed by atoms with Crippen molar-refractivity contribution in [1.29, 1.82) is 0 Å². The van der Waals surface area contributed by atoms with Crippen molar-refractivity contribution in [3.63, 3.8) is 0 Å². The maximum absolute atomic E-state index is 5.98. The topological polar surface area (TPSA) is 63.2 Å². The molecule has 1 aromatic rings. The normalized spacial score (nSPS) is 26.3. The third-order valence-corrected chi connectivity index (χ3v) is 3.92. The molecule has 0 aromatic carbocycles. The first kappa shape index (κ1) is 12.9. The molecular formula is C12H18ClN5O. The molecule has 0 atom stereocenters. The Morgan fingerprint density at radius 3 is 2.63 bits per heavy atom. The van der Waals surface area contributed by atoms with Crippen LogP contribution in [0.4, 0.5) is 11.9 Å². The minimum Gasteiger partial charge on any atom is -0.381 e. The molecule has 3 rings (SSSR count). The number of rotatable bonds is 4. The summed E-state index contributed by atoms with van der Waals surface area (Å²) in [5, 5.41) is 3.55. The van der Waals surface area contributed by atoms with Gasteiger partial charge in [-0.3, -0.25) is 0 Å². The molecule has 2 heterocycles. The predicted molar refractivity (Wildman–Crippen MR) is 73.7 cm³/mol. The molecule has 1 aliphatic carbocycles. The largest absolute Gasteiger partial charge is 0.381 e. The number of methoxy groups -OCH3 is 1. The molecule has 1 N–H and O–H groups in total. The van der Waals surface area contributed by atoms with Gasteiger partial charge in [0, 0.05) is 26.2 Å². The fourth-order valence-corrected chi connectivity index (χ4v) is 2.68. The van der Waals surface area contributed by atoms with Crippen molar-refractivity contribution in [3.8, 4) is 0 Å². The number of halogens is 1. The van der Waals surface area contributed by atoms with E-state index in [1.165, 1.54) is 12.8 Å². The monoisotopic (exact) mass is 283 g/mol. The van der Waals surface area contributed by atoms with Crippen LogP contribution in [0, 0.1) is 0 Å². The van der Waals surface area contributed by atoms with Crippen molar-refractivity contribution < 1.29 is 4.74 Å². The van der Waals surface area contributed by atoms with Gasteiger partial charge in [0.05, 0.1) is 6.10 Å². The van der Waals surface area contributed by atoms with Gasteiger partial charge in [0.25, 0.3) is 0 Å². The van der Waals surface area contributed by atoms with Crippen LogP contribution in [0.2, 0.25) is 5.28 Å². The van der Waals surface area contributed by atoms with E-state index in [9.17, 15) is 0 Å². The Morgan fingerprint density at radius 1 is 1.21 bits per heavy atom. The van der Waals surface area contributed by atoms with Crippen molar-refractivity contribution in [2.24, 2.45) is 0 Å². The summed E-state index contributed by atoms with van der Waals surface area (Å²) < 4.78 is 5.26. The van der Waals surface area contributed by atoms with Crippen LogP contribution in [0.25, 0.3) is 0 Å². The molecule has 0 bridgehead atoms. The maximum atomic E-state index is 5.98. The minimum absolute atomic E-state index is 0.252. The van der Waals surface area contributed by atoms with E-state index in [4.69, 9.17) is 16.3 Å². The quantitative estimate of drug-likeness (QED) is 0.908. The number of aromatic nitrogens is 3. The summed E-state index contributed by atoms with van der Waals surface area (Å²) in [5.41, 5.74) is 0. The number of nitrogens with one attached hydrogen (secondary N) is 1. The summed E-state index contributed by atoms with van der Waals surface area (Å²) in [7, 11) is 1.74. The molecular weight excluding hydrogens is 266 g/mol. The fourth-order valence-electron chi connectivity index (χ4n) is 2.52. The number of hydrogen-bond acceptors (Lipinski definition) is 6. The van der Waals surface area contributed by atoms with Crippen molar-refractivity contribution in [3.05, 3.63) is 5.28 Å². The summed E-state index contributed by atoms with van der Waals surface area (Å²) in [6.45, 7) is 1.99. The van der Waals surface area contributed by atoms with Crippen molar-refractivity contribution >= 4 is 23.5 Å². The van der Waals surface area contributed by atoms with Crippen LogP contribution in [0.3, 0.4) is 0 Å². The van der Waals surface area contributed by atoms with E-state index in [-0.39, 0.29) is 5.28 Å². The van der Waals surface area contributed by atoms with E-state index in [2.05, 4.69) is 25.2 Å². The van der Waals surface area contributed by atoms with Crippen LogP contribution in [0.15, 0.2) is 0 Å². The second-order valence-electron chi connectivity index (χ2n) is 5.09. The Labute approximate surface area is 117 Å². The highest BCUT2D eigenvalue weighted by Crippen LogP contribution is 2.26. The van der Waals surface area contributed by atoms with Gasteiger partial charge in [0.2, 0.25) is 17.2 Å². The van der Waals surface area contributed by atoms with Crippen LogP contribution in [-0.4, -0.2) is 47.3 Å². The van der Waals surface area contributed by atoms with Crippen molar-refractivity contribution in [2.75, 3.05) is 30.4 Å². The Kier molecular flexibility index (Phi) is 3.70. The van der Waals surface area contributed by atoms with Crippen LogP contribution >= 0.6 is 11.6 Å². The van der Waals surface area contributed by atoms with E-state index in [1.807, 2.05) is 0 Å². The SMILES string of the molecule is COC1CC(Nc2nc(Cl)nc(N3CCCC3)n2)C1. The van der Waals surface area contributed by atoms with Crippen molar-refractivity contribution in [1.82, 2.24) is 15.0 Å². The first-order valence-electron chi connectivity index (χ1n) is 6.70. The third kappa shape index (κ3) is 2.90. The van der Waals surface area contributed by atoms with Crippen LogP contribution < -0.4 is 10.2 Å². The zero-order valence-corrected chi connectivity index (χ0v) is 11.7. The van der Waals surface area contributed by atoms with Crippen molar-refractivity contribution in [2.45, 2.75) is 37.8 Å². The predicted octanol–water partition coefficient (Wildman–Crippen LogP) is 1.71. The lowest BCUT2D eigenvalue weighted by molar-refractivity contribution is 0.0327. The van der Waals surface area contributed by atoms with Crippen LogP contribution in [0.1, 0.15) is 25.7 Å². The van der Waals surface area contributed by atoms with E-state index in [0.29, 0.717) is 24.0 Å². The van der Waals surface area contributed by atoms with Gasteiger partial charge in [-0.15, -0.1) is 0 Å². The first-order chi connectivity index (χ1) is 9.24. The van der Waals surface area contributed by atoms with Gasteiger partial charge in [0.1, 0.15) is 0 Å². The molecule has 1 aliphatic heterocycles. The third-order valence-electron chi connectivity index (χ3n) is 3.75. The smallest absolute Gasteiger partial charge is 0.231 e. The number of hydrogen-bond donors (Lipinski definition) is 1. The number of anilines is 2. The first-order valence-corrected chi connectivity index (χ1v) is 7.08. The lowest BCUT2D eigenvalue weighted by Crippen LogP contribution is -2.40. The van der Waals surface area contributed by atoms with E-state index in [1.54, 1.807) is 7.11 Å². The molecule has 7 heteroatoms. The highest BCUT2D eigenvalue weighted by atomic mass is 35.5. The molecule has 0 unspecified atom stereocenters. The summed E-state index contributed by atoms with van der Waals surface area (Å²) in [5.74, 6) is 1.25. The number of nitrogens with zero attached hydrogens (tertiary/aromatic N) is 4. The summed E-state index contributed by atoms with van der Waals surface area (Å²) in [6.07, 6.45) is 4.69. The number of ether oxygens (including phenoxy) is 1. The summed E-state index contributed by atoms with van der Waals surface area (Å²) in [4.78, 5) is 15.0. The van der Waals surface area contributed by atoms with Crippen LogP contribution in [-0.2, 0) is 4.74 Å². The van der Waals surface area contributed by atoms with Gasteiger partial charge in [0.15, 0.2) is 0 Å². The Hall–Kier alpha value is -1.14. The Morgan fingerprint density at radius 2 is 1.95 bits per heavy atom. The second-order valence-corrected chi connectivity index (χ2v) is 5.43. The average molecular weight is 284 g/mol. The molecule has 0 amide bonds. The lowest BCUT2D eigenvalue weighted by atomic mass is 9.89. The molecule has 2 aliphatic rings. The molecule has 19 heavy (non-hydrogen) atoms. The highest BCUT2D eigenvalue weighted by molar-refractivity contribution is 6.28. The molecule has 104 valence electrons. The molecule has 0 radical (unpaired) electrons. The Bertz CT molecular complexity index is 446. The molecule has 1 saturated carbocycles. The average Bonchev–Trinajstić information content (AvgIpc) is 2.86. The highest BCUT2D eigenvalue weighted by Gasteiger charge is 2.29. The molecule has 2 fully saturated rings. The summed E-state index contributed by atoms with van der Waals surface area (Å²) >= 11 is 5.98. The van der Waals surface area contributed by atoms with Gasteiger partial charge in [-0.25, -0.2) is 0 Å². The van der Waals surface area contributed by atoms with E-state index < -0.39 is 0 Å².